The van der Waals surface area contributed by atoms with Crippen LogP contribution in [0, 0.1) is 18.6 Å². The highest BCUT2D eigenvalue weighted by atomic mass is 32.2. The molecule has 6 nitrogen and oxygen atoms in total. The molecule has 9 heteroatoms. The van der Waals surface area contributed by atoms with Gasteiger partial charge in [-0.05, 0) is 37.3 Å². The van der Waals surface area contributed by atoms with Crippen molar-refractivity contribution in [3.05, 3.63) is 89.5 Å². The van der Waals surface area contributed by atoms with Gasteiger partial charge in [0.15, 0.2) is 0 Å². The number of fused-ring (bicyclic) bond motifs is 2. The smallest absolute Gasteiger partial charge is 0.269 e. The van der Waals surface area contributed by atoms with Crippen LogP contribution in [-0.2, 0) is 19.3 Å². The molecule has 1 fully saturated rings. The first-order valence-electron chi connectivity index (χ1n) is 10.5. The number of hydrogen-bond donors (Lipinski definition) is 1. The second kappa shape index (κ2) is 8.25. The van der Waals surface area contributed by atoms with E-state index in [1.807, 2.05) is 19.1 Å². The molecule has 2 heterocycles. The fraction of sp³-hybridized carbons (Fsp3) is 0.160. The third-order valence-corrected chi connectivity index (χ3v) is 7.25. The van der Waals surface area contributed by atoms with E-state index in [4.69, 9.17) is 0 Å². The zero-order chi connectivity index (χ0) is 24.0. The normalized spacial score (nSPS) is 19.1. The SMILES string of the molecule is Cc1ccc(N2C(=O)CSC23C(=O)N(CC(=O)Nc2ccc(F)cc2F)c2ccccc23)cc1. The molecule has 1 N–H and O–H groups in total. The zero-order valence-electron chi connectivity index (χ0n) is 18.0. The summed E-state index contributed by atoms with van der Waals surface area (Å²) in [6, 6.07) is 17.2. The molecule has 1 unspecified atom stereocenters. The molecule has 1 atom stereocenters. The van der Waals surface area contributed by atoms with Gasteiger partial charge in [-0.25, -0.2) is 8.78 Å². The summed E-state index contributed by atoms with van der Waals surface area (Å²) in [6.07, 6.45) is 0. The van der Waals surface area contributed by atoms with Gasteiger partial charge >= 0.3 is 0 Å². The number of amides is 3. The fourth-order valence-corrected chi connectivity index (χ4v) is 5.69. The average molecular weight is 480 g/mol. The van der Waals surface area contributed by atoms with E-state index in [1.165, 1.54) is 21.6 Å². The maximum absolute atomic E-state index is 14.0. The lowest BCUT2D eigenvalue weighted by Crippen LogP contribution is -2.50. The molecule has 0 saturated carbocycles. The summed E-state index contributed by atoms with van der Waals surface area (Å²) >= 11 is 1.21. The summed E-state index contributed by atoms with van der Waals surface area (Å²) in [5.41, 5.74) is 2.52. The van der Waals surface area contributed by atoms with Crippen molar-refractivity contribution in [2.75, 3.05) is 27.4 Å². The number of thioether (sulfide) groups is 1. The molecular formula is C25H19F2N3O3S. The minimum Gasteiger partial charge on any atom is -0.322 e. The Morgan fingerprint density at radius 1 is 1.06 bits per heavy atom. The Morgan fingerprint density at radius 3 is 2.53 bits per heavy atom. The number of rotatable bonds is 4. The number of para-hydroxylation sites is 1. The van der Waals surface area contributed by atoms with Gasteiger partial charge in [-0.2, -0.15) is 0 Å². The second-order valence-corrected chi connectivity index (χ2v) is 9.25. The van der Waals surface area contributed by atoms with Crippen molar-refractivity contribution in [1.82, 2.24) is 0 Å². The molecule has 5 rings (SSSR count). The molecule has 34 heavy (non-hydrogen) atoms. The molecule has 2 aliphatic rings. The Morgan fingerprint density at radius 2 is 1.79 bits per heavy atom. The number of carbonyl (C=O) groups is 3. The van der Waals surface area contributed by atoms with Crippen LogP contribution in [0.2, 0.25) is 0 Å². The van der Waals surface area contributed by atoms with Crippen LogP contribution in [0.3, 0.4) is 0 Å². The number of hydrogen-bond acceptors (Lipinski definition) is 4. The van der Waals surface area contributed by atoms with E-state index in [2.05, 4.69) is 5.32 Å². The Balaban J connectivity index is 1.50. The van der Waals surface area contributed by atoms with Crippen LogP contribution in [0.15, 0.2) is 66.7 Å². The number of carbonyl (C=O) groups excluding carboxylic acids is 3. The van der Waals surface area contributed by atoms with Crippen molar-refractivity contribution in [2.24, 2.45) is 0 Å². The molecule has 3 aromatic rings. The van der Waals surface area contributed by atoms with Gasteiger partial charge in [0.2, 0.25) is 16.7 Å². The summed E-state index contributed by atoms with van der Waals surface area (Å²) in [4.78, 5) is 41.1. The predicted molar refractivity (Wildman–Crippen MR) is 127 cm³/mol. The molecule has 2 aliphatic heterocycles. The number of benzene rings is 3. The predicted octanol–water partition coefficient (Wildman–Crippen LogP) is 4.19. The standard InChI is InChI=1S/C25H19F2N3O3S/c1-15-6-9-17(10-7-15)30-23(32)14-34-25(30)18-4-2-3-5-21(18)29(24(25)33)13-22(31)28-20-11-8-16(26)12-19(20)27/h2-12H,13-14H2,1H3,(H,28,31). The van der Waals surface area contributed by atoms with Crippen molar-refractivity contribution in [1.29, 1.82) is 0 Å². The Bertz CT molecular complexity index is 1330. The Hall–Kier alpha value is -3.72. The van der Waals surface area contributed by atoms with E-state index in [0.717, 1.165) is 17.7 Å². The van der Waals surface area contributed by atoms with E-state index in [-0.39, 0.29) is 17.3 Å². The highest BCUT2D eigenvalue weighted by molar-refractivity contribution is 8.02. The van der Waals surface area contributed by atoms with Crippen LogP contribution in [0.4, 0.5) is 25.8 Å². The van der Waals surface area contributed by atoms with E-state index < -0.39 is 34.9 Å². The van der Waals surface area contributed by atoms with Gasteiger partial charge in [0.1, 0.15) is 18.2 Å². The number of aryl methyl sites for hydroxylation is 1. The lowest BCUT2D eigenvalue weighted by molar-refractivity contribution is -0.124. The highest BCUT2D eigenvalue weighted by Crippen LogP contribution is 2.55. The van der Waals surface area contributed by atoms with Crippen LogP contribution in [0.1, 0.15) is 11.1 Å². The zero-order valence-corrected chi connectivity index (χ0v) is 18.9. The lowest BCUT2D eigenvalue weighted by Gasteiger charge is -2.33. The summed E-state index contributed by atoms with van der Waals surface area (Å²) in [5, 5.41) is 2.39. The Kier molecular flexibility index (Phi) is 5.36. The second-order valence-electron chi connectivity index (χ2n) is 8.08. The van der Waals surface area contributed by atoms with Gasteiger partial charge in [0.25, 0.3) is 5.91 Å². The van der Waals surface area contributed by atoms with Crippen molar-refractivity contribution in [2.45, 2.75) is 11.8 Å². The van der Waals surface area contributed by atoms with Crippen molar-refractivity contribution >= 4 is 46.5 Å². The van der Waals surface area contributed by atoms with Crippen molar-refractivity contribution < 1.29 is 23.2 Å². The molecule has 3 amide bonds. The van der Waals surface area contributed by atoms with Gasteiger partial charge in [-0.1, -0.05) is 35.9 Å². The van der Waals surface area contributed by atoms with E-state index >= 15 is 0 Å². The van der Waals surface area contributed by atoms with Gasteiger partial charge in [0.05, 0.1) is 17.1 Å². The molecular weight excluding hydrogens is 460 g/mol. The monoisotopic (exact) mass is 479 g/mol. The maximum Gasteiger partial charge on any atom is 0.269 e. The molecule has 0 aromatic heterocycles. The van der Waals surface area contributed by atoms with E-state index in [1.54, 1.807) is 36.4 Å². The maximum atomic E-state index is 14.0. The van der Waals surface area contributed by atoms with Crippen molar-refractivity contribution in [3.8, 4) is 0 Å². The third-order valence-electron chi connectivity index (χ3n) is 5.86. The van der Waals surface area contributed by atoms with Crippen LogP contribution in [-0.4, -0.2) is 30.0 Å². The van der Waals surface area contributed by atoms with Crippen LogP contribution in [0.5, 0.6) is 0 Å². The third kappa shape index (κ3) is 3.43. The Labute approximate surface area is 198 Å². The minimum absolute atomic E-state index is 0.106. The van der Waals surface area contributed by atoms with Crippen LogP contribution >= 0.6 is 11.8 Å². The van der Waals surface area contributed by atoms with Gasteiger partial charge in [-0.15, -0.1) is 11.8 Å². The minimum atomic E-state index is -1.34. The summed E-state index contributed by atoms with van der Waals surface area (Å²) in [5.74, 6) is -2.87. The number of anilines is 3. The highest BCUT2D eigenvalue weighted by Gasteiger charge is 2.61. The lowest BCUT2D eigenvalue weighted by atomic mass is 10.0. The van der Waals surface area contributed by atoms with Crippen LogP contribution in [0.25, 0.3) is 0 Å². The number of halogens is 2. The number of nitrogens with zero attached hydrogens (tertiary/aromatic N) is 2. The average Bonchev–Trinajstić information content (AvgIpc) is 3.27. The summed E-state index contributed by atoms with van der Waals surface area (Å²) in [7, 11) is 0. The molecule has 1 saturated heterocycles. The topological polar surface area (TPSA) is 69.7 Å². The van der Waals surface area contributed by atoms with E-state index in [0.29, 0.717) is 23.0 Å². The van der Waals surface area contributed by atoms with Crippen LogP contribution < -0.4 is 15.1 Å². The first-order valence-corrected chi connectivity index (χ1v) is 11.5. The first kappa shape index (κ1) is 22.1. The molecule has 0 aliphatic carbocycles. The summed E-state index contributed by atoms with van der Waals surface area (Å²) < 4.78 is 27.2. The number of nitrogens with one attached hydrogen (secondary N) is 1. The van der Waals surface area contributed by atoms with Gasteiger partial charge in [0, 0.05) is 17.3 Å². The fourth-order valence-electron chi connectivity index (χ4n) is 4.33. The quantitative estimate of drug-likeness (QED) is 0.609. The molecule has 0 bridgehead atoms. The summed E-state index contributed by atoms with van der Waals surface area (Å²) in [6.45, 7) is 1.53. The molecule has 1 spiro atoms. The molecule has 0 radical (unpaired) electrons. The van der Waals surface area contributed by atoms with Gasteiger partial charge in [-0.3, -0.25) is 24.2 Å². The molecule has 172 valence electrons. The largest absolute Gasteiger partial charge is 0.322 e. The first-order chi connectivity index (χ1) is 16.3. The van der Waals surface area contributed by atoms with Crippen molar-refractivity contribution in [3.63, 3.8) is 0 Å². The van der Waals surface area contributed by atoms with Gasteiger partial charge < -0.3 is 5.32 Å². The molecule has 3 aromatic carbocycles. The van der Waals surface area contributed by atoms with E-state index in [9.17, 15) is 23.2 Å².